The molecule has 3 amide bonds. The van der Waals surface area contributed by atoms with Crippen LogP contribution < -0.4 is 20.1 Å². The first kappa shape index (κ1) is 16.6. The summed E-state index contributed by atoms with van der Waals surface area (Å²) in [6.45, 7) is 2.34. The molecule has 2 rings (SSSR count). The van der Waals surface area contributed by atoms with Crippen molar-refractivity contribution in [1.82, 2.24) is 10.6 Å². The van der Waals surface area contributed by atoms with Crippen molar-refractivity contribution < 1.29 is 28.6 Å². The molecule has 1 aromatic carbocycles. The highest BCUT2D eigenvalue weighted by Crippen LogP contribution is 2.30. The number of hydrogen-bond donors (Lipinski definition) is 2. The molecule has 0 radical (unpaired) electrons. The van der Waals surface area contributed by atoms with Gasteiger partial charge in [0.1, 0.15) is 13.2 Å². The Morgan fingerprint density at radius 1 is 1.22 bits per heavy atom. The number of hydrogen-bond acceptors (Lipinski definition) is 6. The summed E-state index contributed by atoms with van der Waals surface area (Å²) in [5.74, 6) is -0.0697. The molecule has 0 aliphatic carbocycles. The van der Waals surface area contributed by atoms with Gasteiger partial charge in [0.25, 0.3) is 5.91 Å². The number of imide groups is 1. The lowest BCUT2D eigenvalue weighted by Crippen LogP contribution is -2.43. The van der Waals surface area contributed by atoms with E-state index in [0.29, 0.717) is 30.3 Å². The molecule has 0 fully saturated rings. The zero-order chi connectivity index (χ0) is 16.8. The number of nitrogens with one attached hydrogen (secondary N) is 2. The van der Waals surface area contributed by atoms with Gasteiger partial charge in [-0.1, -0.05) is 6.07 Å². The van der Waals surface area contributed by atoms with Gasteiger partial charge in [0.05, 0.1) is 6.42 Å². The van der Waals surface area contributed by atoms with Crippen LogP contribution in [0.3, 0.4) is 0 Å². The van der Waals surface area contributed by atoms with Gasteiger partial charge in [0.15, 0.2) is 17.6 Å². The fourth-order valence-corrected chi connectivity index (χ4v) is 1.93. The zero-order valence-corrected chi connectivity index (χ0v) is 12.9. The topological polar surface area (TPSA) is 103 Å². The van der Waals surface area contributed by atoms with Crippen molar-refractivity contribution >= 4 is 17.9 Å². The molecule has 1 aromatic rings. The largest absolute Gasteiger partial charge is 0.486 e. The van der Waals surface area contributed by atoms with Gasteiger partial charge in [-0.05, 0) is 24.6 Å². The van der Waals surface area contributed by atoms with E-state index in [9.17, 15) is 14.4 Å². The summed E-state index contributed by atoms with van der Waals surface area (Å²) in [7, 11) is 1.38. The third kappa shape index (κ3) is 4.60. The number of urea groups is 1. The Kier molecular flexibility index (Phi) is 5.40. The third-order valence-electron chi connectivity index (χ3n) is 3.10. The first-order valence-electron chi connectivity index (χ1n) is 7.10. The summed E-state index contributed by atoms with van der Waals surface area (Å²) in [6, 6.07) is 4.48. The van der Waals surface area contributed by atoms with Crippen LogP contribution in [0.2, 0.25) is 0 Å². The van der Waals surface area contributed by atoms with Crippen LogP contribution in [0, 0.1) is 0 Å². The van der Waals surface area contributed by atoms with Crippen LogP contribution >= 0.6 is 0 Å². The molecule has 8 heteroatoms. The smallest absolute Gasteiger partial charge is 0.321 e. The number of ether oxygens (including phenoxy) is 3. The molecule has 124 valence electrons. The van der Waals surface area contributed by atoms with E-state index >= 15 is 0 Å². The van der Waals surface area contributed by atoms with Crippen molar-refractivity contribution in [2.45, 2.75) is 19.4 Å². The third-order valence-corrected chi connectivity index (χ3v) is 3.10. The monoisotopic (exact) mass is 322 g/mol. The van der Waals surface area contributed by atoms with Crippen molar-refractivity contribution in [3.63, 3.8) is 0 Å². The van der Waals surface area contributed by atoms with E-state index in [-0.39, 0.29) is 6.42 Å². The van der Waals surface area contributed by atoms with Crippen LogP contribution in [0.15, 0.2) is 18.2 Å². The second-order valence-electron chi connectivity index (χ2n) is 4.86. The van der Waals surface area contributed by atoms with Crippen LogP contribution in [0.5, 0.6) is 11.5 Å². The van der Waals surface area contributed by atoms with Gasteiger partial charge in [-0.2, -0.15) is 0 Å². The second-order valence-corrected chi connectivity index (χ2v) is 4.86. The van der Waals surface area contributed by atoms with Crippen LogP contribution in [0.4, 0.5) is 4.79 Å². The number of carbonyl (C=O) groups excluding carboxylic acids is 3. The molecule has 0 saturated heterocycles. The number of rotatable bonds is 4. The average molecular weight is 322 g/mol. The average Bonchev–Trinajstić information content (AvgIpc) is 2.54. The minimum atomic E-state index is -1.07. The molecular formula is C15H18N2O6. The van der Waals surface area contributed by atoms with Crippen molar-refractivity contribution in [1.29, 1.82) is 0 Å². The summed E-state index contributed by atoms with van der Waals surface area (Å²) in [5.41, 5.74) is 0.679. The molecule has 1 aliphatic rings. The lowest BCUT2D eigenvalue weighted by molar-refractivity contribution is -0.153. The molecule has 23 heavy (non-hydrogen) atoms. The highest BCUT2D eigenvalue weighted by molar-refractivity contribution is 5.97. The van der Waals surface area contributed by atoms with E-state index in [0.717, 1.165) is 0 Å². The minimum absolute atomic E-state index is 0.0196. The van der Waals surface area contributed by atoms with E-state index in [1.54, 1.807) is 18.2 Å². The number of amides is 3. The standard InChI is InChI=1S/C15H18N2O6/c1-9(14(19)17-15(20)16-2)23-13(18)8-10-3-4-11-12(7-10)22-6-5-21-11/h3-4,7,9H,5-6,8H2,1-2H3,(H2,16,17,19,20)/t9-/m1/s1. The van der Waals surface area contributed by atoms with E-state index in [1.807, 2.05) is 5.32 Å². The molecule has 1 heterocycles. The Bertz CT molecular complexity index is 616. The number of benzene rings is 1. The molecule has 2 N–H and O–H groups in total. The predicted octanol–water partition coefficient (Wildman–Crippen LogP) is 0.388. The first-order valence-corrected chi connectivity index (χ1v) is 7.10. The van der Waals surface area contributed by atoms with Gasteiger partial charge >= 0.3 is 12.0 Å². The quantitative estimate of drug-likeness (QED) is 0.777. The zero-order valence-electron chi connectivity index (χ0n) is 12.9. The fourth-order valence-electron chi connectivity index (χ4n) is 1.93. The van der Waals surface area contributed by atoms with Crippen molar-refractivity contribution in [3.8, 4) is 11.5 Å². The van der Waals surface area contributed by atoms with Gasteiger partial charge in [0, 0.05) is 7.05 Å². The van der Waals surface area contributed by atoms with Crippen molar-refractivity contribution in [2.75, 3.05) is 20.3 Å². The second kappa shape index (κ2) is 7.48. The lowest BCUT2D eigenvalue weighted by Gasteiger charge is -2.19. The molecule has 1 aliphatic heterocycles. The number of esters is 1. The maximum atomic E-state index is 11.9. The molecule has 0 bridgehead atoms. The summed E-state index contributed by atoms with van der Waals surface area (Å²) in [4.78, 5) is 34.5. The van der Waals surface area contributed by atoms with Crippen molar-refractivity contribution in [3.05, 3.63) is 23.8 Å². The maximum Gasteiger partial charge on any atom is 0.321 e. The van der Waals surface area contributed by atoms with E-state index in [1.165, 1.54) is 14.0 Å². The molecule has 0 spiro atoms. The van der Waals surface area contributed by atoms with E-state index in [2.05, 4.69) is 5.32 Å². The van der Waals surface area contributed by atoms with Gasteiger partial charge in [-0.25, -0.2) is 4.79 Å². The Morgan fingerprint density at radius 2 is 1.91 bits per heavy atom. The van der Waals surface area contributed by atoms with Crippen molar-refractivity contribution in [2.24, 2.45) is 0 Å². The van der Waals surface area contributed by atoms with Gasteiger partial charge in [0.2, 0.25) is 0 Å². The summed E-state index contributed by atoms with van der Waals surface area (Å²) in [5, 5.41) is 4.27. The molecule has 0 aromatic heterocycles. The van der Waals surface area contributed by atoms with E-state index < -0.39 is 24.0 Å². The van der Waals surface area contributed by atoms with Crippen LogP contribution in [-0.2, 0) is 20.7 Å². The number of carbonyl (C=O) groups is 3. The summed E-state index contributed by atoms with van der Waals surface area (Å²) in [6.07, 6.45) is -1.09. The maximum absolute atomic E-state index is 11.9. The molecule has 0 unspecified atom stereocenters. The van der Waals surface area contributed by atoms with Crippen LogP contribution in [-0.4, -0.2) is 44.3 Å². The Morgan fingerprint density at radius 3 is 2.61 bits per heavy atom. The first-order chi connectivity index (χ1) is 11.0. The molecular weight excluding hydrogens is 304 g/mol. The van der Waals surface area contributed by atoms with Crippen LogP contribution in [0.25, 0.3) is 0 Å². The summed E-state index contributed by atoms with van der Waals surface area (Å²) >= 11 is 0. The Labute approximate surface area is 133 Å². The number of fused-ring (bicyclic) bond motifs is 1. The Balaban J connectivity index is 1.89. The molecule has 1 atom stereocenters. The normalized spacial score (nSPS) is 13.7. The highest BCUT2D eigenvalue weighted by atomic mass is 16.6. The fraction of sp³-hybridized carbons (Fsp3) is 0.400. The van der Waals surface area contributed by atoms with Gasteiger partial charge < -0.3 is 19.5 Å². The Hall–Kier alpha value is -2.77. The highest BCUT2D eigenvalue weighted by Gasteiger charge is 2.20. The van der Waals surface area contributed by atoms with Gasteiger partial charge in [-0.3, -0.25) is 14.9 Å². The van der Waals surface area contributed by atoms with E-state index in [4.69, 9.17) is 14.2 Å². The lowest BCUT2D eigenvalue weighted by atomic mass is 10.1. The minimum Gasteiger partial charge on any atom is -0.486 e. The molecule has 0 saturated carbocycles. The SMILES string of the molecule is CNC(=O)NC(=O)[C@@H](C)OC(=O)Cc1ccc2c(c1)OCCO2. The summed E-state index contributed by atoms with van der Waals surface area (Å²) < 4.78 is 15.8. The predicted molar refractivity (Wildman–Crippen MR) is 79.3 cm³/mol. The molecule has 8 nitrogen and oxygen atoms in total. The van der Waals surface area contributed by atoms with Gasteiger partial charge in [-0.15, -0.1) is 0 Å². The van der Waals surface area contributed by atoms with Crippen LogP contribution in [0.1, 0.15) is 12.5 Å².